The van der Waals surface area contributed by atoms with Crippen molar-refractivity contribution in [1.82, 2.24) is 19.7 Å². The summed E-state index contributed by atoms with van der Waals surface area (Å²) in [6.45, 7) is 1.93. The summed E-state index contributed by atoms with van der Waals surface area (Å²) >= 11 is 5.37. The Balaban J connectivity index is 2.10. The smallest absolute Gasteiger partial charge is 0.156 e. The average molecular weight is 268 g/mol. The molecule has 0 aliphatic rings. The first-order chi connectivity index (χ1) is 9.24. The first kappa shape index (κ1) is 11.8. The normalized spacial score (nSPS) is 10.6. The minimum atomic E-state index is 0.692. The Kier molecular flexibility index (Phi) is 2.97. The summed E-state index contributed by atoms with van der Waals surface area (Å²) in [4.78, 5) is 8.32. The third kappa shape index (κ3) is 2.32. The molecule has 0 radical (unpaired) electrons. The lowest BCUT2D eigenvalue weighted by atomic mass is 10.2. The highest BCUT2D eigenvalue weighted by atomic mass is 32.1. The molecule has 0 saturated heterocycles. The molecule has 0 saturated carbocycles. The van der Waals surface area contributed by atoms with Crippen molar-refractivity contribution in [2.45, 2.75) is 6.92 Å². The average Bonchev–Trinajstić information content (AvgIpc) is 2.82. The van der Waals surface area contributed by atoms with E-state index in [4.69, 9.17) is 12.2 Å². The van der Waals surface area contributed by atoms with Gasteiger partial charge in [0.05, 0.1) is 5.69 Å². The van der Waals surface area contributed by atoms with Crippen LogP contribution < -0.4 is 0 Å². The van der Waals surface area contributed by atoms with Gasteiger partial charge in [0.2, 0.25) is 0 Å². The molecule has 0 fully saturated rings. The van der Waals surface area contributed by atoms with Gasteiger partial charge in [-0.05, 0) is 12.5 Å². The molecule has 3 rings (SSSR count). The fraction of sp³-hybridized carbons (Fsp3) is 0.0714. The summed E-state index contributed by atoms with van der Waals surface area (Å²) in [6.07, 6.45) is 1.54. The van der Waals surface area contributed by atoms with E-state index in [-0.39, 0.29) is 0 Å². The van der Waals surface area contributed by atoms with E-state index in [0.29, 0.717) is 4.64 Å². The van der Waals surface area contributed by atoms with Crippen LogP contribution in [-0.2, 0) is 0 Å². The minimum absolute atomic E-state index is 0.692. The number of hydrogen-bond acceptors (Lipinski definition) is 3. The van der Waals surface area contributed by atoms with E-state index >= 15 is 0 Å². The number of nitrogens with one attached hydrogen (secondary N) is 1. The molecule has 0 unspecified atom stereocenters. The van der Waals surface area contributed by atoms with Crippen molar-refractivity contribution in [3.8, 4) is 17.1 Å². The molecule has 0 aliphatic heterocycles. The quantitative estimate of drug-likeness (QED) is 0.725. The van der Waals surface area contributed by atoms with Crippen LogP contribution in [0.5, 0.6) is 0 Å². The Morgan fingerprint density at radius 2 is 1.89 bits per heavy atom. The second-order valence-corrected chi connectivity index (χ2v) is 4.65. The molecule has 0 spiro atoms. The molecule has 1 aromatic carbocycles. The number of nitrogens with zero attached hydrogens (tertiary/aromatic N) is 3. The molecule has 1 N–H and O–H groups in total. The van der Waals surface area contributed by atoms with Crippen LogP contribution in [0.15, 0.2) is 48.8 Å². The van der Waals surface area contributed by atoms with Crippen LogP contribution in [0, 0.1) is 11.6 Å². The van der Waals surface area contributed by atoms with Crippen molar-refractivity contribution in [3.05, 3.63) is 59.1 Å². The molecule has 4 nitrogen and oxygen atoms in total. The second-order valence-electron chi connectivity index (χ2n) is 4.23. The predicted molar refractivity (Wildman–Crippen MR) is 76.7 cm³/mol. The number of benzene rings is 1. The lowest BCUT2D eigenvalue weighted by Gasteiger charge is -2.02. The van der Waals surface area contributed by atoms with Gasteiger partial charge in [-0.15, -0.1) is 0 Å². The highest BCUT2D eigenvalue weighted by Gasteiger charge is 2.05. The van der Waals surface area contributed by atoms with Crippen LogP contribution in [0.3, 0.4) is 0 Å². The van der Waals surface area contributed by atoms with Crippen LogP contribution in [0.25, 0.3) is 17.1 Å². The number of aromatic amines is 1. The summed E-state index contributed by atoms with van der Waals surface area (Å²) < 4.78 is 2.48. The van der Waals surface area contributed by atoms with Gasteiger partial charge >= 0.3 is 0 Å². The number of aryl methyl sites for hydroxylation is 1. The predicted octanol–water partition coefficient (Wildman–Crippen LogP) is 3.30. The Labute approximate surface area is 115 Å². The van der Waals surface area contributed by atoms with Crippen molar-refractivity contribution in [2.75, 3.05) is 0 Å². The van der Waals surface area contributed by atoms with Crippen molar-refractivity contribution >= 4 is 12.2 Å². The maximum atomic E-state index is 5.37. The zero-order chi connectivity index (χ0) is 13.2. The third-order valence-electron chi connectivity index (χ3n) is 2.82. The molecule has 2 aromatic heterocycles. The van der Waals surface area contributed by atoms with E-state index in [9.17, 15) is 0 Å². The first-order valence-electron chi connectivity index (χ1n) is 5.90. The van der Waals surface area contributed by atoms with Crippen molar-refractivity contribution < 1.29 is 0 Å². The fourth-order valence-electron chi connectivity index (χ4n) is 1.89. The van der Waals surface area contributed by atoms with Gasteiger partial charge in [0, 0.05) is 17.8 Å². The molecular weight excluding hydrogens is 256 g/mol. The van der Waals surface area contributed by atoms with E-state index in [0.717, 1.165) is 22.8 Å². The Hall–Kier alpha value is -2.27. The van der Waals surface area contributed by atoms with Crippen molar-refractivity contribution in [1.29, 1.82) is 0 Å². The Bertz CT molecular complexity index is 758. The fourth-order valence-corrected chi connectivity index (χ4v) is 2.15. The van der Waals surface area contributed by atoms with Gasteiger partial charge in [-0.2, -0.15) is 0 Å². The zero-order valence-corrected chi connectivity index (χ0v) is 11.2. The third-order valence-corrected chi connectivity index (χ3v) is 3.12. The van der Waals surface area contributed by atoms with Gasteiger partial charge in [-0.3, -0.25) is 5.10 Å². The molecular formula is C14H12N4S. The summed E-state index contributed by atoms with van der Waals surface area (Å²) in [5, 5.41) is 3.26. The maximum absolute atomic E-state index is 5.37. The summed E-state index contributed by atoms with van der Waals surface area (Å²) in [5.74, 6) is 0.750. The lowest BCUT2D eigenvalue weighted by Crippen LogP contribution is -2.01. The van der Waals surface area contributed by atoms with E-state index in [2.05, 4.69) is 15.1 Å². The SMILES string of the molecule is Cc1cc(-n2[nH]c(-c3ccccc3)cc2=S)ncn1. The van der Waals surface area contributed by atoms with Crippen molar-refractivity contribution in [2.24, 2.45) is 0 Å². The van der Waals surface area contributed by atoms with Gasteiger partial charge in [-0.25, -0.2) is 14.6 Å². The van der Waals surface area contributed by atoms with Gasteiger partial charge < -0.3 is 0 Å². The highest BCUT2D eigenvalue weighted by Crippen LogP contribution is 2.18. The van der Waals surface area contributed by atoms with Crippen molar-refractivity contribution in [3.63, 3.8) is 0 Å². The molecule has 0 amide bonds. The van der Waals surface area contributed by atoms with Crippen LogP contribution >= 0.6 is 12.2 Å². The summed E-state index contributed by atoms with van der Waals surface area (Å²) in [5.41, 5.74) is 2.97. The molecule has 3 aromatic rings. The van der Waals surface area contributed by atoms with E-state index in [1.165, 1.54) is 6.33 Å². The van der Waals surface area contributed by atoms with Crippen LogP contribution in [-0.4, -0.2) is 19.7 Å². The Morgan fingerprint density at radius 1 is 1.11 bits per heavy atom. The van der Waals surface area contributed by atoms with Crippen LogP contribution in [0.2, 0.25) is 0 Å². The second kappa shape index (κ2) is 4.78. The van der Waals surface area contributed by atoms with Gasteiger partial charge in [0.25, 0.3) is 0 Å². The number of aromatic nitrogens is 4. The monoisotopic (exact) mass is 268 g/mol. The minimum Gasteiger partial charge on any atom is -0.291 e. The molecule has 2 heterocycles. The topological polar surface area (TPSA) is 46.5 Å². The molecule has 0 atom stereocenters. The standard InChI is InChI=1S/C14H12N4S/c1-10-7-13(16-9-15-10)18-14(19)8-12(17-18)11-5-3-2-4-6-11/h2-9,17H,1H3. The summed E-state index contributed by atoms with van der Waals surface area (Å²) in [6, 6.07) is 13.9. The van der Waals surface area contributed by atoms with Crippen LogP contribution in [0.4, 0.5) is 0 Å². The van der Waals surface area contributed by atoms with Gasteiger partial charge in [0.1, 0.15) is 11.0 Å². The lowest BCUT2D eigenvalue weighted by molar-refractivity contribution is 0.828. The van der Waals surface area contributed by atoms with Gasteiger partial charge in [-0.1, -0.05) is 42.5 Å². The largest absolute Gasteiger partial charge is 0.291 e. The Morgan fingerprint density at radius 3 is 2.63 bits per heavy atom. The summed E-state index contributed by atoms with van der Waals surface area (Å²) in [7, 11) is 0. The number of H-pyrrole nitrogens is 1. The maximum Gasteiger partial charge on any atom is 0.156 e. The van der Waals surface area contributed by atoms with E-state index in [1.807, 2.05) is 49.4 Å². The highest BCUT2D eigenvalue weighted by molar-refractivity contribution is 7.71. The number of hydrogen-bond donors (Lipinski definition) is 1. The van der Waals surface area contributed by atoms with Gasteiger partial charge in [0.15, 0.2) is 5.82 Å². The molecule has 0 aliphatic carbocycles. The van der Waals surface area contributed by atoms with E-state index in [1.54, 1.807) is 4.68 Å². The first-order valence-corrected chi connectivity index (χ1v) is 6.31. The van der Waals surface area contributed by atoms with Crippen LogP contribution in [0.1, 0.15) is 5.69 Å². The molecule has 19 heavy (non-hydrogen) atoms. The molecule has 0 bridgehead atoms. The van der Waals surface area contributed by atoms with E-state index < -0.39 is 0 Å². The zero-order valence-electron chi connectivity index (χ0n) is 10.4. The number of rotatable bonds is 2. The molecule has 94 valence electrons. The molecule has 5 heteroatoms.